The van der Waals surface area contributed by atoms with Gasteiger partial charge in [-0.05, 0) is 67.4 Å². The van der Waals surface area contributed by atoms with E-state index in [1.54, 1.807) is 42.5 Å². The van der Waals surface area contributed by atoms with Crippen LogP contribution in [0, 0.1) is 13.8 Å². The van der Waals surface area contributed by atoms with Crippen LogP contribution in [-0.2, 0) is 9.59 Å². The van der Waals surface area contributed by atoms with Crippen LogP contribution in [0.5, 0.6) is 11.5 Å². The number of anilines is 3. The van der Waals surface area contributed by atoms with Gasteiger partial charge in [0.2, 0.25) is 0 Å². The number of benzene rings is 3. The summed E-state index contributed by atoms with van der Waals surface area (Å²) < 4.78 is 11.5. The van der Waals surface area contributed by atoms with E-state index in [2.05, 4.69) is 26.6 Å². The number of carbonyl (C=O) groups excluding carboxylic acids is 3. The number of carbonyl (C=O) groups is 3. The summed E-state index contributed by atoms with van der Waals surface area (Å²) >= 11 is 9.73. The minimum Gasteiger partial charge on any atom is -0.497 e. The molecular weight excluding hydrogens is 562 g/mol. The molecule has 1 aliphatic rings. The molecule has 10 heteroatoms. The molecule has 1 heterocycles. The van der Waals surface area contributed by atoms with Gasteiger partial charge in [-0.3, -0.25) is 14.4 Å². The standard InChI is InChI=1S/C27H23BrClN3O5/c1-14-5-6-16(25(33)31-19-9-7-17(28)11-15(19)2)12-20(14)30-24-23(29)26(34)32(27(24)35)21-10-8-18(36-3)13-22(21)37-4/h5-13,30H,1-4H3,(H,31,33). The Labute approximate surface area is 227 Å². The van der Waals surface area contributed by atoms with E-state index in [4.69, 9.17) is 21.1 Å². The lowest BCUT2D eigenvalue weighted by atomic mass is 10.1. The monoisotopic (exact) mass is 583 g/mol. The van der Waals surface area contributed by atoms with Gasteiger partial charge in [0.1, 0.15) is 22.2 Å². The molecule has 0 aromatic heterocycles. The van der Waals surface area contributed by atoms with Crippen LogP contribution in [-0.4, -0.2) is 31.9 Å². The second kappa shape index (κ2) is 10.7. The first kappa shape index (κ1) is 26.2. The summed E-state index contributed by atoms with van der Waals surface area (Å²) in [7, 11) is 2.92. The number of amides is 3. The van der Waals surface area contributed by atoms with Gasteiger partial charge in [-0.1, -0.05) is 33.6 Å². The Balaban J connectivity index is 1.60. The van der Waals surface area contributed by atoms with Gasteiger partial charge in [-0.2, -0.15) is 0 Å². The van der Waals surface area contributed by atoms with Crippen LogP contribution in [0.1, 0.15) is 21.5 Å². The lowest BCUT2D eigenvalue weighted by Crippen LogP contribution is -2.32. The lowest BCUT2D eigenvalue weighted by molar-refractivity contribution is -0.120. The fourth-order valence-corrected chi connectivity index (χ4v) is 4.48. The molecule has 4 rings (SSSR count). The highest BCUT2D eigenvalue weighted by Gasteiger charge is 2.40. The molecule has 1 aliphatic heterocycles. The third-order valence-electron chi connectivity index (χ3n) is 5.85. The molecule has 3 aromatic rings. The smallest absolute Gasteiger partial charge is 0.283 e. The zero-order valence-corrected chi connectivity index (χ0v) is 22.8. The van der Waals surface area contributed by atoms with Crippen molar-refractivity contribution in [2.24, 2.45) is 0 Å². The highest BCUT2D eigenvalue weighted by molar-refractivity contribution is 9.10. The van der Waals surface area contributed by atoms with E-state index >= 15 is 0 Å². The maximum Gasteiger partial charge on any atom is 0.283 e. The molecular formula is C27H23BrClN3O5. The lowest BCUT2D eigenvalue weighted by Gasteiger charge is -2.19. The molecule has 0 radical (unpaired) electrons. The summed E-state index contributed by atoms with van der Waals surface area (Å²) in [4.78, 5) is 40.2. The van der Waals surface area contributed by atoms with Gasteiger partial charge in [0.05, 0.1) is 19.9 Å². The number of imide groups is 1. The molecule has 3 amide bonds. The summed E-state index contributed by atoms with van der Waals surface area (Å²) in [6, 6.07) is 15.3. The molecule has 0 unspecified atom stereocenters. The molecule has 0 spiro atoms. The maximum absolute atomic E-state index is 13.3. The molecule has 0 saturated heterocycles. The fraction of sp³-hybridized carbons (Fsp3) is 0.148. The van der Waals surface area contributed by atoms with Crippen LogP contribution in [0.15, 0.2) is 69.8 Å². The van der Waals surface area contributed by atoms with Crippen molar-refractivity contribution in [3.8, 4) is 11.5 Å². The quantitative estimate of drug-likeness (QED) is 0.342. The number of aryl methyl sites for hydroxylation is 2. The van der Waals surface area contributed by atoms with Crippen molar-refractivity contribution in [2.45, 2.75) is 13.8 Å². The number of methoxy groups -OCH3 is 2. The SMILES string of the molecule is COc1ccc(N2C(=O)C(Cl)=C(Nc3cc(C(=O)Nc4ccc(Br)cc4C)ccc3C)C2=O)c(OC)c1. The van der Waals surface area contributed by atoms with Crippen LogP contribution in [0.3, 0.4) is 0 Å². The molecule has 0 atom stereocenters. The fourth-order valence-electron chi connectivity index (χ4n) is 3.79. The molecule has 0 bridgehead atoms. The van der Waals surface area contributed by atoms with Crippen LogP contribution in [0.2, 0.25) is 0 Å². The Kier molecular flexibility index (Phi) is 7.56. The summed E-state index contributed by atoms with van der Waals surface area (Å²) in [5.74, 6) is -0.911. The molecule has 3 aromatic carbocycles. The first-order valence-electron chi connectivity index (χ1n) is 11.1. The number of rotatable bonds is 7. The van der Waals surface area contributed by atoms with Crippen LogP contribution in [0.4, 0.5) is 17.1 Å². The molecule has 0 aliphatic carbocycles. The first-order chi connectivity index (χ1) is 17.6. The highest BCUT2D eigenvalue weighted by atomic mass is 79.9. The zero-order valence-electron chi connectivity index (χ0n) is 20.4. The van der Waals surface area contributed by atoms with Gasteiger partial charge in [0.15, 0.2) is 0 Å². The Morgan fingerprint density at radius 1 is 0.892 bits per heavy atom. The number of nitrogens with one attached hydrogen (secondary N) is 2. The van der Waals surface area contributed by atoms with Gasteiger partial charge in [-0.15, -0.1) is 0 Å². The number of nitrogens with zero attached hydrogens (tertiary/aromatic N) is 1. The predicted octanol–water partition coefficient (Wildman–Crippen LogP) is 5.77. The van der Waals surface area contributed by atoms with E-state index in [-0.39, 0.29) is 28.1 Å². The molecule has 37 heavy (non-hydrogen) atoms. The van der Waals surface area contributed by atoms with Crippen LogP contribution < -0.4 is 25.0 Å². The Hall–Kier alpha value is -3.82. The van der Waals surface area contributed by atoms with E-state index in [0.717, 1.165) is 20.5 Å². The second-order valence-corrected chi connectivity index (χ2v) is 9.53. The van der Waals surface area contributed by atoms with E-state index in [9.17, 15) is 14.4 Å². The second-order valence-electron chi connectivity index (χ2n) is 8.24. The normalized spacial score (nSPS) is 13.2. The molecule has 2 N–H and O–H groups in total. The molecule has 8 nitrogen and oxygen atoms in total. The van der Waals surface area contributed by atoms with Gasteiger partial charge in [0, 0.05) is 27.5 Å². The summed E-state index contributed by atoms with van der Waals surface area (Å²) in [5.41, 5.74) is 3.26. The van der Waals surface area contributed by atoms with Gasteiger partial charge >= 0.3 is 0 Å². The predicted molar refractivity (Wildman–Crippen MR) is 147 cm³/mol. The number of halogens is 2. The Morgan fingerprint density at radius 2 is 1.65 bits per heavy atom. The minimum absolute atomic E-state index is 0.103. The molecule has 0 fully saturated rings. The summed E-state index contributed by atoms with van der Waals surface area (Å²) in [6.45, 7) is 3.70. The van der Waals surface area contributed by atoms with E-state index in [0.29, 0.717) is 22.7 Å². The van der Waals surface area contributed by atoms with Crippen molar-refractivity contribution in [1.82, 2.24) is 0 Å². The van der Waals surface area contributed by atoms with Crippen molar-refractivity contribution >= 4 is 62.3 Å². The van der Waals surface area contributed by atoms with Crippen molar-refractivity contribution in [3.05, 3.63) is 86.5 Å². The van der Waals surface area contributed by atoms with Crippen LogP contribution in [0.25, 0.3) is 0 Å². The van der Waals surface area contributed by atoms with E-state index in [1.807, 2.05) is 26.0 Å². The van der Waals surface area contributed by atoms with Crippen molar-refractivity contribution in [2.75, 3.05) is 29.8 Å². The maximum atomic E-state index is 13.3. The minimum atomic E-state index is -0.699. The van der Waals surface area contributed by atoms with Crippen molar-refractivity contribution in [1.29, 1.82) is 0 Å². The highest BCUT2D eigenvalue weighted by Crippen LogP contribution is 2.38. The third kappa shape index (κ3) is 5.19. The summed E-state index contributed by atoms with van der Waals surface area (Å²) in [6.07, 6.45) is 0. The van der Waals surface area contributed by atoms with Gasteiger partial charge < -0.3 is 20.1 Å². The topological polar surface area (TPSA) is 97.0 Å². The van der Waals surface area contributed by atoms with E-state index in [1.165, 1.54) is 14.2 Å². The Bertz CT molecular complexity index is 1470. The molecule has 0 saturated carbocycles. The molecule has 190 valence electrons. The largest absolute Gasteiger partial charge is 0.497 e. The average molecular weight is 585 g/mol. The van der Waals surface area contributed by atoms with Crippen LogP contribution >= 0.6 is 27.5 Å². The average Bonchev–Trinajstić information content (AvgIpc) is 3.09. The number of hydrogen-bond acceptors (Lipinski definition) is 6. The third-order valence-corrected chi connectivity index (χ3v) is 6.70. The number of ether oxygens (including phenoxy) is 2. The zero-order chi connectivity index (χ0) is 26.9. The summed E-state index contributed by atoms with van der Waals surface area (Å²) in [5, 5.41) is 5.58. The van der Waals surface area contributed by atoms with Gasteiger partial charge in [-0.25, -0.2) is 4.90 Å². The number of hydrogen-bond donors (Lipinski definition) is 2. The van der Waals surface area contributed by atoms with E-state index < -0.39 is 11.8 Å². The van der Waals surface area contributed by atoms with Crippen molar-refractivity contribution in [3.63, 3.8) is 0 Å². The Morgan fingerprint density at radius 3 is 2.32 bits per heavy atom. The van der Waals surface area contributed by atoms with Crippen molar-refractivity contribution < 1.29 is 23.9 Å². The van der Waals surface area contributed by atoms with Gasteiger partial charge in [0.25, 0.3) is 17.7 Å². The first-order valence-corrected chi connectivity index (χ1v) is 12.3.